The number of hydrogen-bond donors (Lipinski definition) is 1. The number of aromatic nitrogens is 2. The third-order valence-electron chi connectivity index (χ3n) is 4.94. The fourth-order valence-electron chi connectivity index (χ4n) is 3.64. The van der Waals surface area contributed by atoms with Crippen molar-refractivity contribution in [2.45, 2.75) is 69.4 Å². The molecule has 1 unspecified atom stereocenters. The Bertz CT molecular complexity index is 826. The highest BCUT2D eigenvalue weighted by Crippen LogP contribution is 2.35. The molecule has 0 bridgehead atoms. The molecule has 1 saturated carbocycles. The minimum Gasteiger partial charge on any atom is -0.459 e. The number of nitrogens with one attached hydrogen (secondary N) is 1. The largest absolute Gasteiger partial charge is 0.459 e. The number of rotatable bonds is 8. The van der Waals surface area contributed by atoms with Crippen LogP contribution in [0.4, 0.5) is 5.13 Å². The van der Waals surface area contributed by atoms with Crippen LogP contribution in [-0.4, -0.2) is 33.2 Å². The summed E-state index contributed by atoms with van der Waals surface area (Å²) in [6.45, 7) is 5.55. The van der Waals surface area contributed by atoms with E-state index in [2.05, 4.69) is 15.3 Å². The van der Waals surface area contributed by atoms with Crippen molar-refractivity contribution in [1.82, 2.24) is 9.97 Å². The molecule has 0 spiro atoms. The van der Waals surface area contributed by atoms with Crippen LogP contribution in [0.25, 0.3) is 0 Å². The van der Waals surface area contributed by atoms with Crippen LogP contribution < -0.4 is 5.32 Å². The lowest BCUT2D eigenvalue weighted by molar-refractivity contribution is -0.151. The fourth-order valence-corrected chi connectivity index (χ4v) is 4.79. The van der Waals surface area contributed by atoms with Gasteiger partial charge in [0.2, 0.25) is 5.91 Å². The van der Waals surface area contributed by atoms with Gasteiger partial charge >= 0.3 is 5.97 Å². The van der Waals surface area contributed by atoms with Crippen LogP contribution >= 0.6 is 23.1 Å². The van der Waals surface area contributed by atoms with Gasteiger partial charge in [-0.2, -0.15) is 0 Å². The lowest BCUT2D eigenvalue weighted by Gasteiger charge is -2.20. The molecule has 1 atom stereocenters. The Morgan fingerprint density at radius 3 is 2.63 bits per heavy atom. The van der Waals surface area contributed by atoms with Crippen LogP contribution in [0.3, 0.4) is 0 Å². The SMILES string of the molecule is CC(C)(C)OC(=O)CSc1ccc(C(CC2CCCC2)C(=O)Nc2nccs2)cn1. The number of hydrogen-bond acceptors (Lipinski definition) is 7. The van der Waals surface area contributed by atoms with Gasteiger partial charge in [0.05, 0.1) is 16.7 Å². The molecule has 30 heavy (non-hydrogen) atoms. The number of nitrogens with zero attached hydrogens (tertiary/aromatic N) is 2. The highest BCUT2D eigenvalue weighted by atomic mass is 32.2. The number of carbonyl (C=O) groups is 2. The molecule has 0 saturated heterocycles. The van der Waals surface area contributed by atoms with Gasteiger partial charge in [-0.05, 0) is 44.7 Å². The molecule has 0 aliphatic heterocycles. The van der Waals surface area contributed by atoms with Crippen molar-refractivity contribution in [3.63, 3.8) is 0 Å². The summed E-state index contributed by atoms with van der Waals surface area (Å²) in [6, 6.07) is 3.83. The predicted octanol–water partition coefficient (Wildman–Crippen LogP) is 5.27. The maximum Gasteiger partial charge on any atom is 0.316 e. The van der Waals surface area contributed by atoms with E-state index in [-0.39, 0.29) is 23.5 Å². The number of thioether (sulfide) groups is 1. The molecule has 3 rings (SSSR count). The van der Waals surface area contributed by atoms with E-state index in [1.54, 1.807) is 12.4 Å². The predicted molar refractivity (Wildman–Crippen MR) is 121 cm³/mol. The zero-order valence-electron chi connectivity index (χ0n) is 17.7. The number of pyridine rings is 1. The van der Waals surface area contributed by atoms with E-state index in [4.69, 9.17) is 4.74 Å². The van der Waals surface area contributed by atoms with Gasteiger partial charge in [0, 0.05) is 17.8 Å². The van der Waals surface area contributed by atoms with Crippen LogP contribution in [0.2, 0.25) is 0 Å². The molecule has 1 amide bonds. The van der Waals surface area contributed by atoms with E-state index in [0.717, 1.165) is 17.0 Å². The summed E-state index contributed by atoms with van der Waals surface area (Å²) in [5, 5.41) is 6.15. The van der Waals surface area contributed by atoms with Gasteiger partial charge in [-0.3, -0.25) is 9.59 Å². The van der Waals surface area contributed by atoms with Gasteiger partial charge in [0.25, 0.3) is 0 Å². The Hall–Kier alpha value is -1.93. The molecule has 6 nitrogen and oxygen atoms in total. The number of anilines is 1. The van der Waals surface area contributed by atoms with Crippen LogP contribution in [-0.2, 0) is 14.3 Å². The highest BCUT2D eigenvalue weighted by molar-refractivity contribution is 7.99. The van der Waals surface area contributed by atoms with E-state index >= 15 is 0 Å². The van der Waals surface area contributed by atoms with Crippen molar-refractivity contribution in [2.75, 3.05) is 11.1 Å². The second kappa shape index (κ2) is 10.4. The van der Waals surface area contributed by atoms with E-state index in [1.807, 2.05) is 38.3 Å². The zero-order chi connectivity index (χ0) is 21.6. The van der Waals surface area contributed by atoms with Crippen molar-refractivity contribution in [3.05, 3.63) is 35.5 Å². The van der Waals surface area contributed by atoms with Crippen molar-refractivity contribution >= 4 is 40.1 Å². The Balaban J connectivity index is 1.65. The molecule has 2 aromatic rings. The molecular weight excluding hydrogens is 418 g/mol. The van der Waals surface area contributed by atoms with Crippen LogP contribution in [0, 0.1) is 5.92 Å². The number of ether oxygens (including phenoxy) is 1. The maximum atomic E-state index is 13.0. The first kappa shape index (κ1) is 22.7. The smallest absolute Gasteiger partial charge is 0.316 e. The topological polar surface area (TPSA) is 81.2 Å². The second-order valence-electron chi connectivity index (χ2n) is 8.57. The first-order chi connectivity index (χ1) is 14.3. The van der Waals surface area contributed by atoms with Crippen LogP contribution in [0.1, 0.15) is 64.4 Å². The summed E-state index contributed by atoms with van der Waals surface area (Å²) >= 11 is 2.76. The Morgan fingerprint density at radius 1 is 1.27 bits per heavy atom. The van der Waals surface area contributed by atoms with Crippen LogP contribution in [0.15, 0.2) is 34.9 Å². The third kappa shape index (κ3) is 7.09. The summed E-state index contributed by atoms with van der Waals surface area (Å²) in [6.07, 6.45) is 9.11. The molecule has 162 valence electrons. The first-order valence-corrected chi connectivity index (χ1v) is 12.2. The van der Waals surface area contributed by atoms with Gasteiger partial charge in [-0.25, -0.2) is 9.97 Å². The lowest BCUT2D eigenvalue weighted by atomic mass is 9.88. The Kier molecular flexibility index (Phi) is 7.88. The van der Waals surface area contributed by atoms with Gasteiger partial charge in [-0.15, -0.1) is 11.3 Å². The van der Waals surface area contributed by atoms with Crippen molar-refractivity contribution in [2.24, 2.45) is 5.92 Å². The quantitative estimate of drug-likeness (QED) is 0.438. The first-order valence-electron chi connectivity index (χ1n) is 10.3. The van der Waals surface area contributed by atoms with Crippen molar-refractivity contribution in [1.29, 1.82) is 0 Å². The van der Waals surface area contributed by atoms with Gasteiger partial charge in [-0.1, -0.05) is 43.5 Å². The van der Waals surface area contributed by atoms with Gasteiger partial charge in [0.1, 0.15) is 5.60 Å². The average molecular weight is 448 g/mol. The Labute approximate surface area is 186 Å². The third-order valence-corrected chi connectivity index (χ3v) is 6.55. The van der Waals surface area contributed by atoms with Gasteiger partial charge in [0.15, 0.2) is 5.13 Å². The summed E-state index contributed by atoms with van der Waals surface area (Å²) in [7, 11) is 0. The monoisotopic (exact) mass is 447 g/mol. The number of amides is 1. The highest BCUT2D eigenvalue weighted by Gasteiger charge is 2.27. The molecule has 1 N–H and O–H groups in total. The van der Waals surface area contributed by atoms with Crippen molar-refractivity contribution in [3.8, 4) is 0 Å². The van der Waals surface area contributed by atoms with Gasteiger partial charge < -0.3 is 10.1 Å². The molecule has 1 fully saturated rings. The van der Waals surface area contributed by atoms with E-state index < -0.39 is 5.60 Å². The summed E-state index contributed by atoms with van der Waals surface area (Å²) in [4.78, 5) is 33.6. The molecule has 1 aliphatic rings. The van der Waals surface area contributed by atoms with Crippen LogP contribution in [0.5, 0.6) is 0 Å². The zero-order valence-corrected chi connectivity index (χ0v) is 19.4. The maximum absolute atomic E-state index is 13.0. The van der Waals surface area contributed by atoms with E-state index in [0.29, 0.717) is 11.0 Å². The summed E-state index contributed by atoms with van der Waals surface area (Å²) < 4.78 is 5.33. The van der Waals surface area contributed by atoms with E-state index in [1.165, 1.54) is 48.8 Å². The summed E-state index contributed by atoms with van der Waals surface area (Å²) in [5.41, 5.74) is 0.408. The fraction of sp³-hybridized carbons (Fsp3) is 0.545. The summed E-state index contributed by atoms with van der Waals surface area (Å²) in [5.74, 6) is 0.223. The molecule has 2 heterocycles. The second-order valence-corrected chi connectivity index (χ2v) is 10.5. The van der Waals surface area contributed by atoms with Crippen molar-refractivity contribution < 1.29 is 14.3 Å². The molecule has 2 aromatic heterocycles. The minimum absolute atomic E-state index is 0.0344. The number of esters is 1. The molecule has 1 aliphatic carbocycles. The average Bonchev–Trinajstić information content (AvgIpc) is 3.37. The molecule has 0 radical (unpaired) electrons. The van der Waals surface area contributed by atoms with E-state index in [9.17, 15) is 9.59 Å². The molecule has 8 heteroatoms. The standard InChI is InChI=1S/C22H29N3O3S2/c1-22(2,3)28-19(26)14-30-18-9-8-16(13-24-18)17(12-15-6-4-5-7-15)20(27)25-21-23-10-11-29-21/h8-11,13,15,17H,4-7,12,14H2,1-3H3,(H,23,25,27). The number of thiazole rings is 1. The number of carbonyl (C=O) groups excluding carboxylic acids is 2. The molecular formula is C22H29N3O3S2. The normalized spacial score (nSPS) is 15.7. The Morgan fingerprint density at radius 2 is 2.03 bits per heavy atom. The lowest BCUT2D eigenvalue weighted by Crippen LogP contribution is -2.25. The molecule has 0 aromatic carbocycles. The minimum atomic E-state index is -0.493.